The summed E-state index contributed by atoms with van der Waals surface area (Å²) in [4.78, 5) is 4.67. The Kier molecular flexibility index (Phi) is 2.15. The van der Waals surface area contributed by atoms with Gasteiger partial charge in [-0.2, -0.15) is 0 Å². The third kappa shape index (κ3) is 1.61. The predicted octanol–water partition coefficient (Wildman–Crippen LogP) is 4.65. The van der Waals surface area contributed by atoms with Gasteiger partial charge < -0.3 is 4.42 Å². The average Bonchev–Trinajstić information content (AvgIpc) is 2.91. The number of para-hydroxylation sites is 1. The summed E-state index contributed by atoms with van der Waals surface area (Å²) in [7, 11) is 0. The van der Waals surface area contributed by atoms with Gasteiger partial charge in [0.15, 0.2) is 5.76 Å². The molecule has 2 heteroatoms. The molecule has 0 amide bonds. The van der Waals surface area contributed by atoms with Gasteiger partial charge in [-0.15, -0.1) is 0 Å². The Balaban J connectivity index is 1.99. The van der Waals surface area contributed by atoms with Crippen LogP contribution in [0.5, 0.6) is 0 Å². The Hall–Kier alpha value is -2.61. The van der Waals surface area contributed by atoms with Crippen molar-refractivity contribution in [1.82, 2.24) is 4.98 Å². The molecule has 0 bridgehead atoms. The van der Waals surface area contributed by atoms with Crippen LogP contribution in [0.3, 0.4) is 0 Å². The summed E-state index contributed by atoms with van der Waals surface area (Å²) >= 11 is 0. The lowest BCUT2D eigenvalue weighted by Crippen LogP contribution is -1.83. The molecular formula is C17H11NO. The normalized spacial score (nSPS) is 11.2. The van der Waals surface area contributed by atoms with Crippen LogP contribution in [0, 0.1) is 0 Å². The minimum absolute atomic E-state index is 0.835. The highest BCUT2D eigenvalue weighted by Crippen LogP contribution is 2.30. The van der Waals surface area contributed by atoms with Gasteiger partial charge in [0.25, 0.3) is 0 Å². The number of rotatable bonds is 1. The van der Waals surface area contributed by atoms with Gasteiger partial charge in [-0.25, -0.2) is 4.98 Å². The maximum absolute atomic E-state index is 5.69. The van der Waals surface area contributed by atoms with E-state index in [-0.39, 0.29) is 0 Å². The van der Waals surface area contributed by atoms with Crippen molar-refractivity contribution < 1.29 is 4.42 Å². The highest BCUT2D eigenvalue weighted by atomic mass is 16.3. The van der Waals surface area contributed by atoms with Crippen molar-refractivity contribution in [1.29, 1.82) is 0 Å². The van der Waals surface area contributed by atoms with Crippen molar-refractivity contribution >= 4 is 21.7 Å². The lowest BCUT2D eigenvalue weighted by atomic mass is 10.1. The number of pyridine rings is 1. The number of hydrogen-bond acceptors (Lipinski definition) is 2. The van der Waals surface area contributed by atoms with E-state index < -0.39 is 0 Å². The first-order chi connectivity index (χ1) is 9.42. The summed E-state index contributed by atoms with van der Waals surface area (Å²) in [5.74, 6) is 0.835. The Morgan fingerprint density at radius 1 is 0.737 bits per heavy atom. The van der Waals surface area contributed by atoms with Crippen LogP contribution in [0.4, 0.5) is 0 Å². The third-order valence-corrected chi connectivity index (χ3v) is 3.34. The average molecular weight is 245 g/mol. The highest BCUT2D eigenvalue weighted by Gasteiger charge is 2.09. The summed E-state index contributed by atoms with van der Waals surface area (Å²) in [6, 6.07) is 20.3. The van der Waals surface area contributed by atoms with Gasteiger partial charge in [-0.1, -0.05) is 48.5 Å². The van der Waals surface area contributed by atoms with Crippen molar-refractivity contribution in [3.05, 3.63) is 66.9 Å². The molecule has 19 heavy (non-hydrogen) atoms. The van der Waals surface area contributed by atoms with Gasteiger partial charge in [-0.3, -0.25) is 0 Å². The molecule has 0 unspecified atom stereocenters. The van der Waals surface area contributed by atoms with Crippen molar-refractivity contribution in [2.75, 3.05) is 0 Å². The molecule has 0 aliphatic heterocycles. The Labute approximate surface area is 110 Å². The molecule has 2 nitrogen and oxygen atoms in total. The third-order valence-electron chi connectivity index (χ3n) is 3.34. The van der Waals surface area contributed by atoms with E-state index in [1.54, 1.807) is 6.26 Å². The second-order valence-corrected chi connectivity index (χ2v) is 4.54. The standard InChI is InChI=1S/C17H11NO/c1-3-7-14-13(6-1)11-19-17(14)16-10-9-12-5-2-4-8-15(12)18-16/h1-11H. The first-order valence-electron chi connectivity index (χ1n) is 6.24. The fraction of sp³-hybridized carbons (Fsp3) is 0. The summed E-state index contributed by atoms with van der Waals surface area (Å²) < 4.78 is 5.69. The molecule has 2 aromatic heterocycles. The highest BCUT2D eigenvalue weighted by molar-refractivity contribution is 5.94. The number of benzene rings is 2. The van der Waals surface area contributed by atoms with Gasteiger partial charge in [0, 0.05) is 16.2 Å². The molecule has 0 N–H and O–H groups in total. The molecule has 0 radical (unpaired) electrons. The molecule has 2 aromatic carbocycles. The van der Waals surface area contributed by atoms with Gasteiger partial charge in [-0.05, 0) is 12.1 Å². The second-order valence-electron chi connectivity index (χ2n) is 4.54. The second kappa shape index (κ2) is 3.95. The minimum atomic E-state index is 0.835. The van der Waals surface area contributed by atoms with Crippen molar-refractivity contribution in [2.24, 2.45) is 0 Å². The van der Waals surface area contributed by atoms with E-state index in [0.29, 0.717) is 0 Å². The zero-order valence-corrected chi connectivity index (χ0v) is 10.2. The smallest absolute Gasteiger partial charge is 0.160 e. The quantitative estimate of drug-likeness (QED) is 0.488. The van der Waals surface area contributed by atoms with E-state index in [1.807, 2.05) is 42.5 Å². The molecule has 0 saturated heterocycles. The Morgan fingerprint density at radius 3 is 2.47 bits per heavy atom. The Morgan fingerprint density at radius 2 is 1.53 bits per heavy atom. The van der Waals surface area contributed by atoms with E-state index in [1.165, 1.54) is 0 Å². The van der Waals surface area contributed by atoms with Crippen LogP contribution in [0.2, 0.25) is 0 Å². The largest absolute Gasteiger partial charge is 0.461 e. The molecule has 0 saturated carbocycles. The molecule has 0 aliphatic rings. The Bertz CT molecular complexity index is 876. The van der Waals surface area contributed by atoms with Crippen LogP contribution in [-0.2, 0) is 0 Å². The maximum atomic E-state index is 5.69. The molecule has 4 rings (SSSR count). The van der Waals surface area contributed by atoms with Gasteiger partial charge in [0.05, 0.1) is 11.8 Å². The molecule has 0 spiro atoms. The summed E-state index contributed by atoms with van der Waals surface area (Å²) in [5, 5.41) is 3.35. The van der Waals surface area contributed by atoms with E-state index in [4.69, 9.17) is 4.42 Å². The number of nitrogens with zero attached hydrogens (tertiary/aromatic N) is 1. The first kappa shape index (κ1) is 10.3. The zero-order chi connectivity index (χ0) is 12.7. The molecule has 0 atom stereocenters. The topological polar surface area (TPSA) is 26.0 Å². The molecule has 90 valence electrons. The molecule has 4 aromatic rings. The first-order valence-corrected chi connectivity index (χ1v) is 6.24. The SMILES string of the molecule is c1ccc2nc(-c3occ4ccccc34)ccc2c1. The van der Waals surface area contributed by atoms with Crippen molar-refractivity contribution in [2.45, 2.75) is 0 Å². The van der Waals surface area contributed by atoms with E-state index in [9.17, 15) is 0 Å². The number of fused-ring (bicyclic) bond motifs is 2. The van der Waals surface area contributed by atoms with Crippen molar-refractivity contribution in [3.8, 4) is 11.5 Å². The van der Waals surface area contributed by atoms with Crippen LogP contribution in [0.15, 0.2) is 71.3 Å². The van der Waals surface area contributed by atoms with E-state index >= 15 is 0 Å². The molecule has 0 aliphatic carbocycles. The number of aromatic nitrogens is 1. The number of hydrogen-bond donors (Lipinski definition) is 0. The lowest BCUT2D eigenvalue weighted by molar-refractivity contribution is 0.585. The van der Waals surface area contributed by atoms with Crippen LogP contribution in [-0.4, -0.2) is 4.98 Å². The van der Waals surface area contributed by atoms with Crippen LogP contribution in [0.25, 0.3) is 33.1 Å². The van der Waals surface area contributed by atoms with Gasteiger partial charge >= 0.3 is 0 Å². The van der Waals surface area contributed by atoms with Gasteiger partial charge in [0.1, 0.15) is 5.69 Å². The molecule has 2 heterocycles. The van der Waals surface area contributed by atoms with Gasteiger partial charge in [0.2, 0.25) is 0 Å². The molecule has 0 fully saturated rings. The molecular weight excluding hydrogens is 234 g/mol. The summed E-state index contributed by atoms with van der Waals surface area (Å²) in [6.07, 6.45) is 1.78. The van der Waals surface area contributed by atoms with E-state index in [2.05, 4.69) is 23.2 Å². The lowest BCUT2D eigenvalue weighted by Gasteiger charge is -2.00. The maximum Gasteiger partial charge on any atom is 0.160 e. The number of furan rings is 1. The van der Waals surface area contributed by atoms with Crippen LogP contribution in [0.1, 0.15) is 0 Å². The van der Waals surface area contributed by atoms with Crippen LogP contribution < -0.4 is 0 Å². The fourth-order valence-electron chi connectivity index (χ4n) is 2.38. The summed E-state index contributed by atoms with van der Waals surface area (Å²) in [5.41, 5.74) is 1.86. The predicted molar refractivity (Wildman–Crippen MR) is 77.0 cm³/mol. The fourth-order valence-corrected chi connectivity index (χ4v) is 2.38. The van der Waals surface area contributed by atoms with Crippen LogP contribution >= 0.6 is 0 Å². The summed E-state index contributed by atoms with van der Waals surface area (Å²) in [6.45, 7) is 0. The zero-order valence-electron chi connectivity index (χ0n) is 10.2. The van der Waals surface area contributed by atoms with Crippen molar-refractivity contribution in [3.63, 3.8) is 0 Å². The van der Waals surface area contributed by atoms with E-state index in [0.717, 1.165) is 33.1 Å². The minimum Gasteiger partial charge on any atom is -0.461 e. The monoisotopic (exact) mass is 245 g/mol.